The van der Waals surface area contributed by atoms with Crippen LogP contribution in [0.25, 0.3) is 0 Å². The maximum Gasteiger partial charge on any atom is 0.0466 e. The molecule has 97 valence electrons. The van der Waals surface area contributed by atoms with E-state index in [9.17, 15) is 0 Å². The molecule has 0 heterocycles. The summed E-state index contributed by atoms with van der Waals surface area (Å²) in [5.74, 6) is 0. The third-order valence-electron chi connectivity index (χ3n) is 3.55. The lowest BCUT2D eigenvalue weighted by atomic mass is 10.3. The molecule has 2 rings (SSSR count). The van der Waals surface area contributed by atoms with Crippen LogP contribution in [0.3, 0.4) is 0 Å². The fourth-order valence-corrected chi connectivity index (χ4v) is 5.35. The topological polar surface area (TPSA) is 0 Å². The SMILES string of the molecule is [B-][P+](CCCCC)(c1ccccc1)c1ccccc1. The minimum atomic E-state index is -1.70. The Morgan fingerprint density at radius 2 is 1.26 bits per heavy atom. The summed E-state index contributed by atoms with van der Waals surface area (Å²) in [5.41, 5.74) is 0. The van der Waals surface area contributed by atoms with Crippen molar-refractivity contribution in [2.75, 3.05) is 6.16 Å². The first-order chi connectivity index (χ1) is 9.27. The van der Waals surface area contributed by atoms with Crippen molar-refractivity contribution in [1.29, 1.82) is 0 Å². The lowest BCUT2D eigenvalue weighted by Gasteiger charge is -2.37. The zero-order valence-corrected chi connectivity index (χ0v) is 12.5. The number of benzene rings is 2. The molecular formula is C17H21BP. The van der Waals surface area contributed by atoms with Gasteiger partial charge in [-0.25, -0.2) is 0 Å². The number of unbranched alkanes of at least 4 members (excludes halogenated alkanes) is 2. The predicted molar refractivity (Wildman–Crippen MR) is 89.2 cm³/mol. The largest absolute Gasteiger partial charge is 0.292 e. The van der Waals surface area contributed by atoms with Crippen molar-refractivity contribution >= 4 is 25.3 Å². The Balaban J connectivity index is 2.33. The van der Waals surface area contributed by atoms with Crippen LogP contribution in [0.15, 0.2) is 60.7 Å². The number of hydrogen-bond acceptors (Lipinski definition) is 0. The van der Waals surface area contributed by atoms with Gasteiger partial charge in [0.1, 0.15) is 0 Å². The van der Waals surface area contributed by atoms with Crippen LogP contribution in [-0.4, -0.2) is 13.7 Å². The van der Waals surface area contributed by atoms with Crippen LogP contribution >= 0.6 is 7.14 Å². The van der Waals surface area contributed by atoms with Gasteiger partial charge in [0, 0.05) is 16.8 Å². The van der Waals surface area contributed by atoms with Crippen molar-refractivity contribution < 1.29 is 0 Å². The Morgan fingerprint density at radius 1 is 0.789 bits per heavy atom. The molecule has 0 unspecified atom stereocenters. The molecule has 19 heavy (non-hydrogen) atoms. The molecule has 0 aliphatic heterocycles. The molecule has 0 aliphatic carbocycles. The van der Waals surface area contributed by atoms with E-state index in [0.29, 0.717) is 0 Å². The van der Waals surface area contributed by atoms with Gasteiger partial charge in [0.05, 0.1) is 0 Å². The smallest absolute Gasteiger partial charge is 0.0466 e. The standard InChI is InChI=1S/C17H21BP/c1-2-3-10-15-19(18,16-11-6-4-7-12-16)17-13-8-5-9-14-17/h4-9,11-14H,2-3,10,15H2,1H3. The Hall–Kier alpha value is -1.07. The van der Waals surface area contributed by atoms with Crippen LogP contribution in [0.5, 0.6) is 0 Å². The van der Waals surface area contributed by atoms with Gasteiger partial charge in [-0.05, 0) is 30.7 Å². The molecule has 3 radical (unpaired) electrons. The van der Waals surface area contributed by atoms with Crippen molar-refractivity contribution in [2.24, 2.45) is 0 Å². The molecule has 0 saturated carbocycles. The second-order valence-electron chi connectivity index (χ2n) is 4.97. The van der Waals surface area contributed by atoms with E-state index in [1.807, 2.05) is 0 Å². The molecular weight excluding hydrogens is 246 g/mol. The summed E-state index contributed by atoms with van der Waals surface area (Å²) < 4.78 is 0. The van der Waals surface area contributed by atoms with E-state index in [1.165, 1.54) is 29.9 Å². The molecule has 0 N–H and O–H groups in total. The van der Waals surface area contributed by atoms with Crippen LogP contribution in [-0.2, 0) is 0 Å². The predicted octanol–water partition coefficient (Wildman–Crippen LogP) is 3.93. The van der Waals surface area contributed by atoms with Crippen molar-refractivity contribution in [3.63, 3.8) is 0 Å². The van der Waals surface area contributed by atoms with Gasteiger partial charge in [-0.3, -0.25) is 7.57 Å². The van der Waals surface area contributed by atoms with Crippen LogP contribution in [0, 0.1) is 0 Å². The van der Waals surface area contributed by atoms with Gasteiger partial charge >= 0.3 is 0 Å². The van der Waals surface area contributed by atoms with Gasteiger partial charge in [0.15, 0.2) is 0 Å². The maximum absolute atomic E-state index is 6.89. The lowest BCUT2D eigenvalue weighted by molar-refractivity contribution is 0.776. The Kier molecular flexibility index (Phi) is 5.22. The molecule has 2 aromatic rings. The summed E-state index contributed by atoms with van der Waals surface area (Å²) in [4.78, 5) is 0. The summed E-state index contributed by atoms with van der Waals surface area (Å²) in [6, 6.07) is 21.3. The highest BCUT2D eigenvalue weighted by Crippen LogP contribution is 2.52. The fourth-order valence-electron chi connectivity index (χ4n) is 2.41. The molecule has 0 aromatic heterocycles. The van der Waals surface area contributed by atoms with E-state index in [-0.39, 0.29) is 0 Å². The molecule has 0 bridgehead atoms. The zero-order valence-electron chi connectivity index (χ0n) is 11.6. The van der Waals surface area contributed by atoms with Crippen LogP contribution < -0.4 is 10.6 Å². The van der Waals surface area contributed by atoms with Gasteiger partial charge < -0.3 is 0 Å². The highest BCUT2D eigenvalue weighted by molar-refractivity contribution is 8.08. The van der Waals surface area contributed by atoms with E-state index in [2.05, 4.69) is 67.6 Å². The molecule has 0 fully saturated rings. The molecule has 0 amide bonds. The number of hydrogen-bond donors (Lipinski definition) is 0. The van der Waals surface area contributed by atoms with E-state index in [0.717, 1.165) is 6.16 Å². The first-order valence-corrected chi connectivity index (χ1v) is 9.09. The van der Waals surface area contributed by atoms with Gasteiger partial charge in [-0.1, -0.05) is 56.2 Å². The maximum atomic E-state index is 6.89. The molecule has 0 atom stereocenters. The highest BCUT2D eigenvalue weighted by atomic mass is 31.2. The molecule has 0 nitrogen and oxygen atoms in total. The van der Waals surface area contributed by atoms with Gasteiger partial charge in [-0.2, -0.15) is 7.14 Å². The molecule has 0 aliphatic rings. The van der Waals surface area contributed by atoms with E-state index in [1.54, 1.807) is 0 Å². The van der Waals surface area contributed by atoms with E-state index < -0.39 is 7.14 Å². The van der Waals surface area contributed by atoms with E-state index in [4.69, 9.17) is 7.57 Å². The third kappa shape index (κ3) is 3.48. The first kappa shape index (κ1) is 14.3. The van der Waals surface area contributed by atoms with Crippen LogP contribution in [0.4, 0.5) is 0 Å². The summed E-state index contributed by atoms with van der Waals surface area (Å²) >= 11 is 0. The average Bonchev–Trinajstić information content (AvgIpc) is 2.49. The monoisotopic (exact) mass is 267 g/mol. The molecule has 2 heteroatoms. The second-order valence-corrected chi connectivity index (χ2v) is 8.19. The summed E-state index contributed by atoms with van der Waals surface area (Å²) in [6.07, 6.45) is 4.82. The quantitative estimate of drug-likeness (QED) is 0.422. The van der Waals surface area contributed by atoms with E-state index >= 15 is 0 Å². The molecule has 0 saturated heterocycles. The fraction of sp³-hybridized carbons (Fsp3) is 0.294. The molecule has 2 aromatic carbocycles. The number of rotatable bonds is 6. The van der Waals surface area contributed by atoms with Crippen LogP contribution in [0.2, 0.25) is 0 Å². The van der Waals surface area contributed by atoms with Gasteiger partial charge in [0.25, 0.3) is 0 Å². The third-order valence-corrected chi connectivity index (χ3v) is 7.01. The van der Waals surface area contributed by atoms with Crippen molar-refractivity contribution in [1.82, 2.24) is 0 Å². The van der Waals surface area contributed by atoms with Crippen molar-refractivity contribution in [2.45, 2.75) is 26.2 Å². The highest BCUT2D eigenvalue weighted by Gasteiger charge is 2.23. The Bertz CT molecular complexity index is 442. The summed E-state index contributed by atoms with van der Waals surface area (Å²) in [7, 11) is 5.19. The Labute approximate surface area is 119 Å². The minimum absolute atomic E-state index is 1.11. The molecule has 0 spiro atoms. The first-order valence-electron chi connectivity index (χ1n) is 7.05. The average molecular weight is 267 g/mol. The lowest BCUT2D eigenvalue weighted by Crippen LogP contribution is -2.24. The summed E-state index contributed by atoms with van der Waals surface area (Å²) in [6.45, 7) is 2.24. The zero-order chi connectivity index (χ0) is 13.6. The normalized spacial score (nSPS) is 11.5. The second kappa shape index (κ2) is 6.92. The van der Waals surface area contributed by atoms with Crippen molar-refractivity contribution in [3.05, 3.63) is 60.7 Å². The van der Waals surface area contributed by atoms with Crippen molar-refractivity contribution in [3.8, 4) is 0 Å². The van der Waals surface area contributed by atoms with Crippen LogP contribution in [0.1, 0.15) is 26.2 Å². The van der Waals surface area contributed by atoms with Gasteiger partial charge in [0.2, 0.25) is 0 Å². The Morgan fingerprint density at radius 3 is 1.68 bits per heavy atom. The summed E-state index contributed by atoms with van der Waals surface area (Å²) in [5, 5.41) is 2.63. The van der Waals surface area contributed by atoms with Gasteiger partial charge in [-0.15, -0.1) is 0 Å². The minimum Gasteiger partial charge on any atom is -0.292 e.